The van der Waals surface area contributed by atoms with Gasteiger partial charge in [0.25, 0.3) is 0 Å². The third-order valence-electron chi connectivity index (χ3n) is 1.83. The van der Waals surface area contributed by atoms with Crippen LogP contribution < -0.4 is 0 Å². The second-order valence-corrected chi connectivity index (χ2v) is 4.00. The molecule has 0 heterocycles. The van der Waals surface area contributed by atoms with Crippen molar-refractivity contribution in [3.05, 3.63) is 0 Å². The molecular formula is C8H15BrF3NO. The minimum Gasteiger partial charge on any atom is -0.383 e. The molecule has 0 bridgehead atoms. The van der Waals surface area contributed by atoms with Crippen molar-refractivity contribution in [3.63, 3.8) is 0 Å². The lowest BCUT2D eigenvalue weighted by molar-refractivity contribution is -0.130. The third-order valence-corrected chi connectivity index (χ3v) is 2.64. The van der Waals surface area contributed by atoms with Crippen molar-refractivity contribution in [2.24, 2.45) is 0 Å². The molecule has 0 N–H and O–H groups in total. The van der Waals surface area contributed by atoms with E-state index in [9.17, 15) is 13.2 Å². The van der Waals surface area contributed by atoms with E-state index < -0.39 is 11.0 Å². The molecule has 0 aromatic carbocycles. The Hall–Kier alpha value is 0.190. The molecule has 14 heavy (non-hydrogen) atoms. The van der Waals surface area contributed by atoms with Gasteiger partial charge in [0.05, 0.1) is 6.61 Å². The number of rotatable bonds is 6. The van der Waals surface area contributed by atoms with Gasteiger partial charge in [0.1, 0.15) is 4.83 Å². The van der Waals surface area contributed by atoms with Crippen LogP contribution in [-0.4, -0.2) is 49.3 Å². The predicted octanol–water partition coefficient (Wildman–Crippen LogP) is 2.28. The highest BCUT2D eigenvalue weighted by Gasteiger charge is 2.38. The number of likely N-dealkylation sites (N-methyl/N-ethyl adjacent to an activating group) is 1. The van der Waals surface area contributed by atoms with E-state index in [1.807, 2.05) is 6.92 Å². The first-order chi connectivity index (χ1) is 6.41. The number of methoxy groups -OCH3 is 1. The molecule has 0 aliphatic rings. The largest absolute Gasteiger partial charge is 0.402 e. The zero-order valence-corrected chi connectivity index (χ0v) is 9.86. The summed E-state index contributed by atoms with van der Waals surface area (Å²) in [6.45, 7) is 3.34. The van der Waals surface area contributed by atoms with E-state index in [1.54, 1.807) is 4.90 Å². The van der Waals surface area contributed by atoms with Gasteiger partial charge in [-0.05, 0) is 6.54 Å². The monoisotopic (exact) mass is 277 g/mol. The second kappa shape index (κ2) is 6.63. The summed E-state index contributed by atoms with van der Waals surface area (Å²) in [6, 6.07) is 0. The lowest BCUT2D eigenvalue weighted by atomic mass is 10.3. The molecule has 0 saturated carbocycles. The van der Waals surface area contributed by atoms with E-state index in [0.29, 0.717) is 19.7 Å². The average molecular weight is 278 g/mol. The highest BCUT2D eigenvalue weighted by molar-refractivity contribution is 9.09. The summed E-state index contributed by atoms with van der Waals surface area (Å²) in [4.78, 5) is 0.225. The van der Waals surface area contributed by atoms with Crippen LogP contribution in [0.3, 0.4) is 0 Å². The van der Waals surface area contributed by atoms with Gasteiger partial charge in [0.2, 0.25) is 0 Å². The van der Waals surface area contributed by atoms with Crippen LogP contribution in [0.1, 0.15) is 6.92 Å². The van der Waals surface area contributed by atoms with Crippen molar-refractivity contribution in [1.29, 1.82) is 0 Å². The number of halogens is 4. The maximum Gasteiger partial charge on any atom is 0.402 e. The fraction of sp³-hybridized carbons (Fsp3) is 1.00. The Labute approximate surface area is 90.5 Å². The summed E-state index contributed by atoms with van der Waals surface area (Å²) in [6.07, 6.45) is -4.18. The van der Waals surface area contributed by atoms with Gasteiger partial charge in [-0.15, -0.1) is 0 Å². The molecule has 1 unspecified atom stereocenters. The molecule has 0 aromatic rings. The molecule has 0 radical (unpaired) electrons. The summed E-state index contributed by atoms with van der Waals surface area (Å²) < 4.78 is 41.3. The van der Waals surface area contributed by atoms with Gasteiger partial charge in [-0.2, -0.15) is 13.2 Å². The number of nitrogens with zero attached hydrogens (tertiary/aromatic N) is 1. The first kappa shape index (κ1) is 14.2. The van der Waals surface area contributed by atoms with Crippen molar-refractivity contribution in [2.75, 3.05) is 33.4 Å². The van der Waals surface area contributed by atoms with Crippen LogP contribution in [0.2, 0.25) is 0 Å². The summed E-state index contributed by atoms with van der Waals surface area (Å²) in [5.41, 5.74) is 0. The fourth-order valence-electron chi connectivity index (χ4n) is 0.929. The van der Waals surface area contributed by atoms with Crippen LogP contribution in [0.5, 0.6) is 0 Å². The molecule has 1 atom stereocenters. The number of alkyl halides is 4. The molecule has 0 fully saturated rings. The Kier molecular flexibility index (Phi) is 6.72. The first-order valence-electron chi connectivity index (χ1n) is 4.33. The Bertz CT molecular complexity index is 154. The van der Waals surface area contributed by atoms with E-state index >= 15 is 0 Å². The molecule has 0 spiro atoms. The molecular weight excluding hydrogens is 263 g/mol. The molecule has 0 aliphatic heterocycles. The van der Waals surface area contributed by atoms with Crippen LogP contribution in [0, 0.1) is 0 Å². The van der Waals surface area contributed by atoms with Crippen molar-refractivity contribution in [3.8, 4) is 0 Å². The molecule has 0 aromatic heterocycles. The Morgan fingerprint density at radius 2 is 2.00 bits per heavy atom. The summed E-state index contributed by atoms with van der Waals surface area (Å²) in [7, 11) is 1.53. The topological polar surface area (TPSA) is 12.5 Å². The summed E-state index contributed by atoms with van der Waals surface area (Å²) in [5, 5.41) is 0. The fourth-order valence-corrected chi connectivity index (χ4v) is 1.34. The smallest absolute Gasteiger partial charge is 0.383 e. The molecule has 0 amide bonds. The first-order valence-corrected chi connectivity index (χ1v) is 5.25. The maximum atomic E-state index is 12.2. The van der Waals surface area contributed by atoms with Crippen LogP contribution >= 0.6 is 15.9 Å². The highest BCUT2D eigenvalue weighted by Crippen LogP contribution is 2.26. The molecule has 0 saturated heterocycles. The Morgan fingerprint density at radius 3 is 2.36 bits per heavy atom. The van der Waals surface area contributed by atoms with Crippen LogP contribution in [0.25, 0.3) is 0 Å². The van der Waals surface area contributed by atoms with Gasteiger partial charge in [-0.25, -0.2) is 0 Å². The molecule has 2 nitrogen and oxygen atoms in total. The van der Waals surface area contributed by atoms with Gasteiger partial charge >= 0.3 is 6.18 Å². The molecule has 0 aliphatic carbocycles. The SMILES string of the molecule is CCN(CCOC)CC(Br)C(F)(F)F. The van der Waals surface area contributed by atoms with E-state index in [1.165, 1.54) is 7.11 Å². The van der Waals surface area contributed by atoms with E-state index in [0.717, 1.165) is 0 Å². The quantitative estimate of drug-likeness (QED) is 0.691. The highest BCUT2D eigenvalue weighted by atomic mass is 79.9. The molecule has 6 heteroatoms. The van der Waals surface area contributed by atoms with Gasteiger partial charge < -0.3 is 4.74 Å². The number of hydrogen-bond donors (Lipinski definition) is 0. The second-order valence-electron chi connectivity index (χ2n) is 2.90. The minimum absolute atomic E-state index is 0.0383. The zero-order valence-electron chi connectivity index (χ0n) is 8.27. The van der Waals surface area contributed by atoms with Crippen molar-refractivity contribution in [1.82, 2.24) is 4.90 Å². The summed E-state index contributed by atoms with van der Waals surface area (Å²) in [5.74, 6) is 0. The maximum absolute atomic E-state index is 12.2. The molecule has 86 valence electrons. The normalized spacial score (nSPS) is 14.8. The van der Waals surface area contributed by atoms with Gasteiger partial charge in [0.15, 0.2) is 0 Å². The van der Waals surface area contributed by atoms with Crippen molar-refractivity contribution in [2.45, 2.75) is 17.9 Å². The van der Waals surface area contributed by atoms with E-state index in [-0.39, 0.29) is 6.54 Å². The van der Waals surface area contributed by atoms with Crippen LogP contribution in [-0.2, 0) is 4.74 Å². The van der Waals surface area contributed by atoms with E-state index in [4.69, 9.17) is 4.74 Å². The Balaban J connectivity index is 3.92. The average Bonchev–Trinajstić information content (AvgIpc) is 2.10. The third kappa shape index (κ3) is 5.82. The zero-order chi connectivity index (χ0) is 11.2. The van der Waals surface area contributed by atoms with Crippen LogP contribution in [0.15, 0.2) is 0 Å². The Morgan fingerprint density at radius 1 is 1.43 bits per heavy atom. The predicted molar refractivity (Wildman–Crippen MR) is 52.8 cm³/mol. The van der Waals surface area contributed by atoms with Crippen molar-refractivity contribution >= 4 is 15.9 Å². The van der Waals surface area contributed by atoms with E-state index in [2.05, 4.69) is 15.9 Å². The van der Waals surface area contributed by atoms with Gasteiger partial charge in [0, 0.05) is 20.2 Å². The van der Waals surface area contributed by atoms with Crippen molar-refractivity contribution < 1.29 is 17.9 Å². The number of ether oxygens (including phenoxy) is 1. The minimum atomic E-state index is -4.18. The molecule has 0 rings (SSSR count). The van der Waals surface area contributed by atoms with Crippen LogP contribution in [0.4, 0.5) is 13.2 Å². The lowest BCUT2D eigenvalue weighted by Gasteiger charge is -2.24. The lowest BCUT2D eigenvalue weighted by Crippen LogP contribution is -2.38. The van der Waals surface area contributed by atoms with Gasteiger partial charge in [-0.3, -0.25) is 4.90 Å². The summed E-state index contributed by atoms with van der Waals surface area (Å²) >= 11 is 2.62. The van der Waals surface area contributed by atoms with Gasteiger partial charge in [-0.1, -0.05) is 22.9 Å². The standard InChI is InChI=1S/C8H15BrF3NO/c1-3-13(4-5-14-2)6-7(9)8(10,11)12/h7H,3-6H2,1-2H3. The number of hydrogen-bond acceptors (Lipinski definition) is 2.